The molecule has 2 aliphatic rings. The molecule has 5 aromatic rings. The minimum absolute atomic E-state index is 0.107. The van der Waals surface area contributed by atoms with Gasteiger partial charge < -0.3 is 40.2 Å². The zero-order chi connectivity index (χ0) is 38.3. The van der Waals surface area contributed by atoms with Gasteiger partial charge in [-0.1, -0.05) is 27.7 Å². The summed E-state index contributed by atoms with van der Waals surface area (Å²) in [6, 6.07) is 2.33. The van der Waals surface area contributed by atoms with E-state index in [1.54, 1.807) is 45.1 Å². The van der Waals surface area contributed by atoms with Crippen LogP contribution in [0.3, 0.4) is 0 Å². The van der Waals surface area contributed by atoms with E-state index in [4.69, 9.17) is 14.7 Å². The van der Waals surface area contributed by atoms with Gasteiger partial charge in [-0.2, -0.15) is 0 Å². The number of aromatic nitrogens is 5. The average Bonchev–Trinajstić information content (AvgIpc) is 3.98. The normalized spacial score (nSPS) is 18.5. The van der Waals surface area contributed by atoms with Crippen molar-refractivity contribution in [3.63, 3.8) is 0 Å². The van der Waals surface area contributed by atoms with E-state index in [-0.39, 0.29) is 35.7 Å². The first-order valence-electron chi connectivity index (χ1n) is 18.0. The van der Waals surface area contributed by atoms with E-state index in [1.165, 1.54) is 7.11 Å². The van der Waals surface area contributed by atoms with Crippen LogP contribution in [-0.4, -0.2) is 96.1 Å². The molecule has 2 aliphatic heterocycles. The Balaban J connectivity index is 1.03. The van der Waals surface area contributed by atoms with Crippen LogP contribution in [0.2, 0.25) is 0 Å². The topological polar surface area (TPSA) is 199 Å². The molecule has 0 bridgehead atoms. The lowest BCUT2D eigenvalue weighted by atomic mass is 10.0. The summed E-state index contributed by atoms with van der Waals surface area (Å²) in [5.41, 5.74) is 1.70. The minimum Gasteiger partial charge on any atom is -0.465 e. The van der Waals surface area contributed by atoms with E-state index >= 15 is 0 Å². The number of thiophene rings is 2. The largest absolute Gasteiger partial charge is 0.465 e. The summed E-state index contributed by atoms with van der Waals surface area (Å²) in [6.45, 7) is 8.59. The Morgan fingerprint density at radius 2 is 1.28 bits per heavy atom. The molecule has 5 N–H and O–H groups in total. The van der Waals surface area contributed by atoms with Crippen LogP contribution in [0.4, 0.5) is 9.59 Å². The third-order valence-electron chi connectivity index (χ3n) is 9.95. The van der Waals surface area contributed by atoms with Crippen molar-refractivity contribution in [2.45, 2.75) is 77.5 Å². The number of thiazole rings is 1. The Hall–Kier alpha value is -4.81. The first kappa shape index (κ1) is 37.5. The summed E-state index contributed by atoms with van der Waals surface area (Å²) in [5.74, 6) is 0.734. The van der Waals surface area contributed by atoms with Crippen molar-refractivity contribution < 1.29 is 29.0 Å². The maximum Gasteiger partial charge on any atom is 0.407 e. The standard InChI is InChI=1S/C36H43N9O6S3/c1-17(2)28(42-35(48)49)33(46)44-10-6-9-22(44)31-38-15-20(41-31)27-16-39-32(54-27)26-13-25-24(53-26)12-23(52-25)19-14-37-30(40-19)21-8-7-11-45(21)34(47)29(18(3)4)43-36(50)51-5/h12-18,21-22,28-29,42H,6-11H2,1-5H3,(H,37,40)(H,38,41)(H,43,50)(H,48,49)/t21?,22-,28-,29-/m0/s1. The molecular weight excluding hydrogens is 751 g/mol. The number of alkyl carbamates (subject to hydrolysis) is 1. The molecule has 2 saturated heterocycles. The first-order chi connectivity index (χ1) is 25.9. The number of carbonyl (C=O) groups is 4. The molecule has 5 aromatic heterocycles. The van der Waals surface area contributed by atoms with Crippen LogP contribution in [0.1, 0.15) is 77.1 Å². The molecule has 0 saturated carbocycles. The third-order valence-corrected chi connectivity index (χ3v) is 13.5. The molecule has 0 spiro atoms. The number of carbonyl (C=O) groups excluding carboxylic acids is 3. The van der Waals surface area contributed by atoms with Crippen molar-refractivity contribution in [2.24, 2.45) is 11.8 Å². The highest BCUT2D eigenvalue weighted by molar-refractivity contribution is 7.32. The molecule has 2 fully saturated rings. The van der Waals surface area contributed by atoms with Gasteiger partial charge in [-0.25, -0.2) is 24.5 Å². The van der Waals surface area contributed by atoms with Gasteiger partial charge in [-0.3, -0.25) is 9.59 Å². The van der Waals surface area contributed by atoms with Crippen LogP contribution in [0.5, 0.6) is 0 Å². The summed E-state index contributed by atoms with van der Waals surface area (Å²) >= 11 is 4.90. The molecule has 54 heavy (non-hydrogen) atoms. The van der Waals surface area contributed by atoms with Crippen LogP contribution in [-0.2, 0) is 14.3 Å². The number of hydrogen-bond acceptors (Lipinski definition) is 11. The molecule has 286 valence electrons. The average molecular weight is 794 g/mol. The minimum atomic E-state index is -1.22. The van der Waals surface area contributed by atoms with Crippen LogP contribution < -0.4 is 10.6 Å². The summed E-state index contributed by atoms with van der Waals surface area (Å²) < 4.78 is 7.02. The second-order valence-corrected chi connectivity index (χ2v) is 17.4. The van der Waals surface area contributed by atoms with Gasteiger partial charge in [0.25, 0.3) is 0 Å². The van der Waals surface area contributed by atoms with Crippen molar-refractivity contribution in [1.29, 1.82) is 0 Å². The lowest BCUT2D eigenvalue weighted by Gasteiger charge is -2.30. The number of ether oxygens (including phenoxy) is 1. The van der Waals surface area contributed by atoms with Crippen molar-refractivity contribution in [3.05, 3.63) is 42.4 Å². The Morgan fingerprint density at radius 3 is 1.81 bits per heavy atom. The van der Waals surface area contributed by atoms with Gasteiger partial charge in [0.15, 0.2) is 0 Å². The number of rotatable bonds is 11. The molecule has 0 aliphatic carbocycles. The number of nitrogens with zero attached hydrogens (tertiary/aromatic N) is 5. The Kier molecular flexibility index (Phi) is 10.8. The van der Waals surface area contributed by atoms with Gasteiger partial charge in [0, 0.05) is 28.7 Å². The van der Waals surface area contributed by atoms with Gasteiger partial charge >= 0.3 is 12.2 Å². The molecule has 7 rings (SSSR count). The van der Waals surface area contributed by atoms with Crippen LogP contribution >= 0.6 is 34.0 Å². The molecule has 1 unspecified atom stereocenters. The van der Waals surface area contributed by atoms with Gasteiger partial charge in [0.2, 0.25) is 11.8 Å². The van der Waals surface area contributed by atoms with Gasteiger partial charge in [-0.05, 0) is 49.7 Å². The number of aromatic amines is 2. The van der Waals surface area contributed by atoms with E-state index in [0.717, 1.165) is 71.9 Å². The van der Waals surface area contributed by atoms with Crippen molar-refractivity contribution in [2.75, 3.05) is 20.2 Å². The predicted molar refractivity (Wildman–Crippen MR) is 207 cm³/mol. The van der Waals surface area contributed by atoms with Gasteiger partial charge in [-0.15, -0.1) is 34.0 Å². The summed E-state index contributed by atoms with van der Waals surface area (Å²) in [4.78, 5) is 77.7. The van der Waals surface area contributed by atoms with Crippen molar-refractivity contribution in [1.82, 2.24) is 45.4 Å². The van der Waals surface area contributed by atoms with Crippen molar-refractivity contribution in [3.8, 4) is 31.0 Å². The van der Waals surface area contributed by atoms with Crippen molar-refractivity contribution >= 4 is 67.4 Å². The fourth-order valence-corrected chi connectivity index (χ4v) is 10.5. The van der Waals surface area contributed by atoms with E-state index in [9.17, 15) is 24.3 Å². The first-order valence-corrected chi connectivity index (χ1v) is 20.4. The predicted octanol–water partition coefficient (Wildman–Crippen LogP) is 6.87. The fourth-order valence-electron chi connectivity index (χ4n) is 7.18. The monoisotopic (exact) mass is 793 g/mol. The lowest BCUT2D eigenvalue weighted by Crippen LogP contribution is -2.51. The molecule has 7 heterocycles. The second-order valence-electron chi connectivity index (χ2n) is 14.3. The maximum absolute atomic E-state index is 13.5. The quantitative estimate of drug-likeness (QED) is 0.0948. The molecule has 18 heteroatoms. The Labute approximate surface area is 323 Å². The molecule has 4 atom stereocenters. The summed E-state index contributed by atoms with van der Waals surface area (Å²) in [5, 5.41) is 15.3. The zero-order valence-corrected chi connectivity index (χ0v) is 33.0. The number of likely N-dealkylation sites (tertiary alicyclic amines) is 2. The van der Waals surface area contributed by atoms with Crippen LogP contribution in [0.15, 0.2) is 30.7 Å². The number of imidazole rings is 2. The Morgan fingerprint density at radius 1 is 0.759 bits per heavy atom. The van der Waals surface area contributed by atoms with Gasteiger partial charge in [0.05, 0.1) is 57.6 Å². The number of carboxylic acid groups (broad SMARTS) is 1. The molecule has 15 nitrogen and oxygen atoms in total. The highest BCUT2D eigenvalue weighted by atomic mass is 32.1. The number of methoxy groups -OCH3 is 1. The van der Waals surface area contributed by atoms with E-state index < -0.39 is 24.3 Å². The van der Waals surface area contributed by atoms with Gasteiger partial charge in [0.1, 0.15) is 28.7 Å². The molecule has 0 aromatic carbocycles. The maximum atomic E-state index is 13.5. The lowest BCUT2D eigenvalue weighted by molar-refractivity contribution is -0.136. The summed E-state index contributed by atoms with van der Waals surface area (Å²) in [6.07, 6.45) is 6.76. The number of amides is 4. The number of nitrogens with one attached hydrogen (secondary N) is 4. The van der Waals surface area contributed by atoms with Crippen LogP contribution in [0.25, 0.3) is 40.4 Å². The zero-order valence-electron chi connectivity index (χ0n) is 30.5. The van der Waals surface area contributed by atoms with E-state index in [1.807, 2.05) is 45.0 Å². The third kappa shape index (κ3) is 7.46. The number of hydrogen-bond donors (Lipinski definition) is 5. The fraction of sp³-hybridized carbons (Fsp3) is 0.472. The smallest absolute Gasteiger partial charge is 0.407 e. The SMILES string of the molecule is COC(=O)N[C@H](C(=O)N1CCCC1c1ncc(-c2cc3sc(-c4ncc(-c5cnc([C@@H]6CCCN6C(=O)[C@@H](NC(=O)O)C(C)C)[nH]5)s4)cc3s2)[nH]1)C(C)C. The highest BCUT2D eigenvalue weighted by Gasteiger charge is 2.39. The molecule has 0 radical (unpaired) electrons. The number of H-pyrrole nitrogens is 2. The summed E-state index contributed by atoms with van der Waals surface area (Å²) in [7, 11) is 1.29. The van der Waals surface area contributed by atoms with E-state index in [0.29, 0.717) is 18.9 Å². The van der Waals surface area contributed by atoms with E-state index in [2.05, 4.69) is 37.7 Å². The highest BCUT2D eigenvalue weighted by Crippen LogP contribution is 2.44. The second kappa shape index (κ2) is 15.5. The molecular formula is C36H43N9O6S3. The number of fused-ring (bicyclic) bond motifs is 1. The Bertz CT molecular complexity index is 2130. The van der Waals surface area contributed by atoms with Crippen LogP contribution in [0, 0.1) is 11.8 Å². The molecule has 4 amide bonds.